The Morgan fingerprint density at radius 2 is 1.62 bits per heavy atom. The lowest BCUT2D eigenvalue weighted by atomic mass is 9.84. The van der Waals surface area contributed by atoms with Crippen LogP contribution in [0.2, 0.25) is 0 Å². The standard InChI is InChI=1S/C32H46F2N4O2/c1-20-8-11-22(12-9-20)38(30(40)31(2,3)4)24-15-23(16-35)37(17-24)29(39)27-19-36(32(5,6)7)18-26(27)25-13-10-21(33)14-28(25)34/h10,13-14,20,22-24,26-27H,8-9,11-12,15,17-19H2,1-7H3/t20-,22+,23-,24-,26-,27+/m0/s1. The van der Waals surface area contributed by atoms with Gasteiger partial charge in [0, 0.05) is 55.0 Å². The number of halogens is 2. The number of amides is 2. The Morgan fingerprint density at radius 3 is 2.17 bits per heavy atom. The second kappa shape index (κ2) is 11.4. The first kappa shape index (κ1) is 30.4. The van der Waals surface area contributed by atoms with Crippen LogP contribution in [0.15, 0.2) is 18.2 Å². The van der Waals surface area contributed by atoms with E-state index in [1.165, 1.54) is 12.1 Å². The number of likely N-dealkylation sites (tertiary alicyclic amines) is 2. The first-order valence-corrected chi connectivity index (χ1v) is 14.8. The second-order valence-corrected chi connectivity index (χ2v) is 14.4. The van der Waals surface area contributed by atoms with Crippen molar-refractivity contribution in [3.8, 4) is 6.07 Å². The first-order chi connectivity index (χ1) is 18.6. The normalized spacial score (nSPS) is 29.9. The molecule has 0 bridgehead atoms. The summed E-state index contributed by atoms with van der Waals surface area (Å²) in [5, 5.41) is 10.2. The third-order valence-corrected chi connectivity index (χ3v) is 9.31. The Morgan fingerprint density at radius 1 is 0.975 bits per heavy atom. The second-order valence-electron chi connectivity index (χ2n) is 14.4. The van der Waals surface area contributed by atoms with Crippen molar-refractivity contribution in [1.29, 1.82) is 5.26 Å². The van der Waals surface area contributed by atoms with Crippen LogP contribution in [-0.2, 0) is 9.59 Å². The van der Waals surface area contributed by atoms with Crippen molar-refractivity contribution in [2.24, 2.45) is 17.3 Å². The Bertz CT molecular complexity index is 1140. The fraction of sp³-hybridized carbons (Fsp3) is 0.719. The van der Waals surface area contributed by atoms with Crippen LogP contribution in [0, 0.1) is 40.2 Å². The predicted molar refractivity (Wildman–Crippen MR) is 151 cm³/mol. The Hall–Kier alpha value is -2.53. The molecule has 2 saturated heterocycles. The maximum atomic E-state index is 15.0. The summed E-state index contributed by atoms with van der Waals surface area (Å²) in [7, 11) is 0. The van der Waals surface area contributed by atoms with Gasteiger partial charge in [-0.15, -0.1) is 0 Å². The van der Waals surface area contributed by atoms with E-state index in [4.69, 9.17) is 0 Å². The number of nitrogens with zero attached hydrogens (tertiary/aromatic N) is 4. The quantitative estimate of drug-likeness (QED) is 0.475. The molecule has 6 nitrogen and oxygen atoms in total. The molecule has 8 heteroatoms. The van der Waals surface area contributed by atoms with Crippen molar-refractivity contribution < 1.29 is 18.4 Å². The van der Waals surface area contributed by atoms with Gasteiger partial charge in [-0.2, -0.15) is 5.26 Å². The molecule has 2 heterocycles. The SMILES string of the molecule is CC(C)(C)C(=O)N([C@H]1C[C@@H](C#N)N(C(=O)[C@@H]2CN(C(C)(C)C)C[C@H]2c2ccc(F)cc2F)C1)[C@H]1CC[C@@H](C)CC1. The number of carbonyl (C=O) groups is 2. The minimum Gasteiger partial charge on any atom is -0.334 e. The summed E-state index contributed by atoms with van der Waals surface area (Å²) < 4.78 is 28.8. The molecule has 2 amide bonds. The molecule has 40 heavy (non-hydrogen) atoms. The van der Waals surface area contributed by atoms with Gasteiger partial charge < -0.3 is 9.80 Å². The first-order valence-electron chi connectivity index (χ1n) is 14.8. The highest BCUT2D eigenvalue weighted by molar-refractivity contribution is 5.84. The van der Waals surface area contributed by atoms with E-state index in [0.29, 0.717) is 37.5 Å². The number of rotatable bonds is 4. The van der Waals surface area contributed by atoms with E-state index < -0.39 is 34.9 Å². The van der Waals surface area contributed by atoms with Crippen LogP contribution in [-0.4, -0.2) is 69.8 Å². The molecule has 1 saturated carbocycles. The summed E-state index contributed by atoms with van der Waals surface area (Å²) in [4.78, 5) is 33.8. The molecule has 220 valence electrons. The molecule has 0 radical (unpaired) electrons. The highest BCUT2D eigenvalue weighted by atomic mass is 19.1. The summed E-state index contributed by atoms with van der Waals surface area (Å²) in [6.07, 6.45) is 4.40. The molecular weight excluding hydrogens is 510 g/mol. The van der Waals surface area contributed by atoms with Crippen molar-refractivity contribution in [1.82, 2.24) is 14.7 Å². The predicted octanol–water partition coefficient (Wildman–Crippen LogP) is 5.73. The summed E-state index contributed by atoms with van der Waals surface area (Å²) in [5.74, 6) is -1.82. The molecule has 1 aliphatic carbocycles. The van der Waals surface area contributed by atoms with Crippen molar-refractivity contribution in [3.63, 3.8) is 0 Å². The van der Waals surface area contributed by atoms with Gasteiger partial charge in [-0.3, -0.25) is 14.5 Å². The van der Waals surface area contributed by atoms with Gasteiger partial charge in [0.05, 0.1) is 18.0 Å². The van der Waals surface area contributed by atoms with Gasteiger partial charge in [0.2, 0.25) is 11.8 Å². The molecule has 3 fully saturated rings. The monoisotopic (exact) mass is 556 g/mol. The van der Waals surface area contributed by atoms with Gasteiger partial charge in [0.15, 0.2) is 0 Å². The fourth-order valence-corrected chi connectivity index (χ4v) is 6.85. The number of hydrogen-bond acceptors (Lipinski definition) is 4. The van der Waals surface area contributed by atoms with Gasteiger partial charge in [0.1, 0.15) is 17.7 Å². The molecule has 1 aromatic carbocycles. The summed E-state index contributed by atoms with van der Waals surface area (Å²) in [6.45, 7) is 15.4. The molecule has 1 aromatic rings. The van der Waals surface area contributed by atoms with E-state index in [-0.39, 0.29) is 29.4 Å². The summed E-state index contributed by atoms with van der Waals surface area (Å²) in [6, 6.07) is 5.11. The van der Waals surface area contributed by atoms with Crippen molar-refractivity contribution >= 4 is 11.8 Å². The van der Waals surface area contributed by atoms with Crippen LogP contribution in [0.5, 0.6) is 0 Å². The van der Waals surface area contributed by atoms with Crippen molar-refractivity contribution in [3.05, 3.63) is 35.4 Å². The maximum absolute atomic E-state index is 15.0. The summed E-state index contributed by atoms with van der Waals surface area (Å²) >= 11 is 0. The van der Waals surface area contributed by atoms with Crippen LogP contribution < -0.4 is 0 Å². The van der Waals surface area contributed by atoms with Crippen LogP contribution >= 0.6 is 0 Å². The maximum Gasteiger partial charge on any atom is 0.228 e. The number of carbonyl (C=O) groups excluding carboxylic acids is 2. The fourth-order valence-electron chi connectivity index (χ4n) is 6.85. The van der Waals surface area contributed by atoms with E-state index >= 15 is 4.39 Å². The zero-order valence-electron chi connectivity index (χ0n) is 25.2. The molecule has 2 aliphatic heterocycles. The van der Waals surface area contributed by atoms with Crippen LogP contribution in [0.4, 0.5) is 8.78 Å². The highest BCUT2D eigenvalue weighted by Gasteiger charge is 2.49. The minimum absolute atomic E-state index is 0.0640. The largest absolute Gasteiger partial charge is 0.334 e. The van der Waals surface area contributed by atoms with Crippen LogP contribution in [0.1, 0.15) is 92.1 Å². The molecule has 3 aliphatic rings. The lowest BCUT2D eigenvalue weighted by Crippen LogP contribution is -2.53. The molecule has 0 aromatic heterocycles. The summed E-state index contributed by atoms with van der Waals surface area (Å²) in [5.41, 5.74) is -0.497. The van der Waals surface area contributed by atoms with Gasteiger partial charge in [-0.25, -0.2) is 8.78 Å². The number of hydrogen-bond donors (Lipinski definition) is 0. The Labute approximate surface area is 238 Å². The van der Waals surface area contributed by atoms with Gasteiger partial charge in [-0.1, -0.05) is 33.8 Å². The molecule has 0 unspecified atom stereocenters. The number of benzene rings is 1. The van der Waals surface area contributed by atoms with Crippen LogP contribution in [0.3, 0.4) is 0 Å². The third-order valence-electron chi connectivity index (χ3n) is 9.31. The smallest absolute Gasteiger partial charge is 0.228 e. The average molecular weight is 557 g/mol. The molecule has 0 N–H and O–H groups in total. The molecular formula is C32H46F2N4O2. The third kappa shape index (κ3) is 6.20. The van der Waals surface area contributed by atoms with Crippen LogP contribution in [0.25, 0.3) is 0 Å². The van der Waals surface area contributed by atoms with Gasteiger partial charge in [0.25, 0.3) is 0 Å². The Balaban J connectivity index is 1.64. The number of nitriles is 1. The topological polar surface area (TPSA) is 67.6 Å². The van der Waals surface area contributed by atoms with E-state index in [2.05, 4.69) is 38.7 Å². The van der Waals surface area contributed by atoms with Gasteiger partial charge in [-0.05, 0) is 64.0 Å². The van der Waals surface area contributed by atoms with Crippen molar-refractivity contribution in [2.75, 3.05) is 19.6 Å². The molecule has 0 spiro atoms. The highest BCUT2D eigenvalue weighted by Crippen LogP contribution is 2.41. The lowest BCUT2D eigenvalue weighted by Gasteiger charge is -2.42. The molecule has 4 rings (SSSR count). The van der Waals surface area contributed by atoms with E-state index in [1.54, 1.807) is 4.90 Å². The van der Waals surface area contributed by atoms with E-state index in [9.17, 15) is 19.2 Å². The van der Waals surface area contributed by atoms with E-state index in [0.717, 1.165) is 31.7 Å². The minimum atomic E-state index is -0.655. The zero-order chi connectivity index (χ0) is 29.6. The van der Waals surface area contributed by atoms with Gasteiger partial charge >= 0.3 is 0 Å². The van der Waals surface area contributed by atoms with Crippen molar-refractivity contribution in [2.45, 2.75) is 110 Å². The Kier molecular flexibility index (Phi) is 8.66. The lowest BCUT2D eigenvalue weighted by molar-refractivity contribution is -0.146. The zero-order valence-corrected chi connectivity index (χ0v) is 25.2. The van der Waals surface area contributed by atoms with E-state index in [1.807, 2.05) is 25.7 Å². The average Bonchev–Trinajstić information content (AvgIpc) is 3.49. The molecule has 4 atom stereocenters.